The van der Waals surface area contributed by atoms with Gasteiger partial charge in [0.2, 0.25) is 5.91 Å². The van der Waals surface area contributed by atoms with Crippen molar-refractivity contribution in [3.63, 3.8) is 0 Å². The van der Waals surface area contributed by atoms with Gasteiger partial charge in [-0.05, 0) is 42.0 Å². The fraction of sp³-hybridized carbons (Fsp3) is 0.208. The maximum atomic E-state index is 13.0. The van der Waals surface area contributed by atoms with Crippen molar-refractivity contribution < 1.29 is 23.9 Å². The van der Waals surface area contributed by atoms with Crippen LogP contribution in [0.4, 0.5) is 11.4 Å². The third-order valence-corrected chi connectivity index (χ3v) is 5.24. The van der Waals surface area contributed by atoms with E-state index in [1.165, 1.54) is 12.0 Å². The van der Waals surface area contributed by atoms with Crippen LogP contribution in [-0.4, -0.2) is 37.5 Å². The van der Waals surface area contributed by atoms with Crippen molar-refractivity contribution in [2.45, 2.75) is 19.4 Å². The summed E-state index contributed by atoms with van der Waals surface area (Å²) in [6, 6.07) is 17.7. The lowest BCUT2D eigenvalue weighted by Crippen LogP contribution is -2.41. The molecule has 1 aliphatic rings. The summed E-state index contributed by atoms with van der Waals surface area (Å²) in [5.41, 5.74) is 1.37. The molecule has 31 heavy (non-hydrogen) atoms. The van der Waals surface area contributed by atoms with Crippen LogP contribution in [0.5, 0.6) is 5.75 Å². The van der Waals surface area contributed by atoms with Crippen molar-refractivity contribution in [2.75, 3.05) is 23.9 Å². The molecule has 158 valence electrons. The highest BCUT2D eigenvalue weighted by molar-refractivity contribution is 6.06. The van der Waals surface area contributed by atoms with E-state index in [0.717, 1.165) is 10.8 Å². The lowest BCUT2D eigenvalue weighted by molar-refractivity contribution is -0.122. The van der Waals surface area contributed by atoms with E-state index >= 15 is 0 Å². The number of carbonyl (C=O) groups is 3. The van der Waals surface area contributed by atoms with Crippen LogP contribution in [0.2, 0.25) is 0 Å². The first-order valence-electron chi connectivity index (χ1n) is 9.93. The largest absolute Gasteiger partial charge is 0.496 e. The van der Waals surface area contributed by atoms with Crippen LogP contribution in [0.25, 0.3) is 10.8 Å². The summed E-state index contributed by atoms with van der Waals surface area (Å²) in [7, 11) is 1.48. The fourth-order valence-corrected chi connectivity index (χ4v) is 3.79. The predicted molar refractivity (Wildman–Crippen MR) is 117 cm³/mol. The second-order valence-corrected chi connectivity index (χ2v) is 7.36. The highest BCUT2D eigenvalue weighted by Crippen LogP contribution is 2.31. The Morgan fingerprint density at radius 3 is 2.48 bits per heavy atom. The Morgan fingerprint density at radius 1 is 1.06 bits per heavy atom. The number of benzene rings is 3. The van der Waals surface area contributed by atoms with E-state index in [2.05, 4.69) is 5.32 Å². The van der Waals surface area contributed by atoms with Crippen LogP contribution in [-0.2, 0) is 14.3 Å². The quantitative estimate of drug-likeness (QED) is 0.652. The topological polar surface area (TPSA) is 84.9 Å². The number of rotatable bonds is 4. The zero-order valence-electron chi connectivity index (χ0n) is 17.3. The number of fused-ring (bicyclic) bond motifs is 2. The summed E-state index contributed by atoms with van der Waals surface area (Å²) in [5, 5.41) is 4.60. The highest BCUT2D eigenvalue weighted by atomic mass is 16.5. The van der Waals surface area contributed by atoms with Crippen molar-refractivity contribution in [1.29, 1.82) is 0 Å². The van der Waals surface area contributed by atoms with Gasteiger partial charge in [0.15, 0.2) is 6.61 Å². The second kappa shape index (κ2) is 8.47. The summed E-state index contributed by atoms with van der Waals surface area (Å²) in [5.74, 6) is -0.863. The fourth-order valence-electron chi connectivity index (χ4n) is 3.79. The molecule has 1 N–H and O–H groups in total. The lowest BCUT2D eigenvalue weighted by Gasteiger charge is -2.27. The van der Waals surface area contributed by atoms with Gasteiger partial charge < -0.3 is 19.7 Å². The van der Waals surface area contributed by atoms with E-state index in [9.17, 15) is 14.4 Å². The van der Waals surface area contributed by atoms with Crippen molar-refractivity contribution in [3.8, 4) is 5.75 Å². The number of ether oxygens (including phenoxy) is 2. The molecule has 0 aliphatic carbocycles. The molecule has 1 aliphatic heterocycles. The number of methoxy groups -OCH3 is 1. The monoisotopic (exact) mass is 418 g/mol. The summed E-state index contributed by atoms with van der Waals surface area (Å²) < 4.78 is 10.7. The Bertz CT molecular complexity index is 1170. The molecule has 7 nitrogen and oxygen atoms in total. The molecule has 4 rings (SSSR count). The lowest BCUT2D eigenvalue weighted by atomic mass is 10.1. The smallest absolute Gasteiger partial charge is 0.342 e. The van der Waals surface area contributed by atoms with Gasteiger partial charge in [0, 0.05) is 12.5 Å². The number of anilines is 2. The minimum absolute atomic E-state index is 0.146. The number of hydrogen-bond acceptors (Lipinski definition) is 5. The van der Waals surface area contributed by atoms with Crippen molar-refractivity contribution >= 4 is 39.9 Å². The summed E-state index contributed by atoms with van der Waals surface area (Å²) >= 11 is 0. The van der Waals surface area contributed by atoms with Gasteiger partial charge in [0.25, 0.3) is 5.91 Å². The SMILES string of the molecule is COc1cc2ccccc2cc1C(=O)OCC(=O)N1c2ccccc2NC(=O)CC1C. The Morgan fingerprint density at radius 2 is 1.74 bits per heavy atom. The molecular formula is C24H22N2O5. The Labute approximate surface area is 179 Å². The molecule has 3 aromatic carbocycles. The van der Waals surface area contributed by atoms with Crippen molar-refractivity contribution in [2.24, 2.45) is 0 Å². The molecule has 0 bridgehead atoms. The number of nitrogens with one attached hydrogen (secondary N) is 1. The number of hydrogen-bond donors (Lipinski definition) is 1. The number of esters is 1. The molecule has 1 unspecified atom stereocenters. The Kier molecular flexibility index (Phi) is 5.58. The zero-order chi connectivity index (χ0) is 22.0. The van der Waals surface area contributed by atoms with Crippen LogP contribution in [0.3, 0.4) is 0 Å². The van der Waals surface area contributed by atoms with Gasteiger partial charge in [0.05, 0.1) is 18.5 Å². The summed E-state index contributed by atoms with van der Waals surface area (Å²) in [6.07, 6.45) is 0.146. The summed E-state index contributed by atoms with van der Waals surface area (Å²) in [4.78, 5) is 39.4. The maximum Gasteiger partial charge on any atom is 0.342 e. The van der Waals surface area contributed by atoms with Crippen molar-refractivity contribution in [1.82, 2.24) is 0 Å². The first kappa shape index (κ1) is 20.4. The average Bonchev–Trinajstić information content (AvgIpc) is 2.90. The first-order chi connectivity index (χ1) is 15.0. The summed E-state index contributed by atoms with van der Waals surface area (Å²) in [6.45, 7) is 1.33. The third-order valence-electron chi connectivity index (χ3n) is 5.24. The van der Waals surface area contributed by atoms with Crippen LogP contribution in [0.1, 0.15) is 23.7 Å². The molecule has 1 atom stereocenters. The minimum atomic E-state index is -0.652. The van der Waals surface area contributed by atoms with Crippen LogP contribution in [0.15, 0.2) is 60.7 Å². The van der Waals surface area contributed by atoms with E-state index in [-0.39, 0.29) is 23.9 Å². The van der Waals surface area contributed by atoms with Gasteiger partial charge in [-0.3, -0.25) is 9.59 Å². The molecule has 1 heterocycles. The molecule has 0 radical (unpaired) electrons. The van der Waals surface area contributed by atoms with Gasteiger partial charge in [-0.2, -0.15) is 0 Å². The number of carbonyl (C=O) groups excluding carboxylic acids is 3. The molecular weight excluding hydrogens is 396 g/mol. The minimum Gasteiger partial charge on any atom is -0.496 e. The average molecular weight is 418 g/mol. The van der Waals surface area contributed by atoms with Gasteiger partial charge in [-0.25, -0.2) is 4.79 Å². The van der Waals surface area contributed by atoms with Gasteiger partial charge >= 0.3 is 5.97 Å². The molecule has 0 fully saturated rings. The first-order valence-corrected chi connectivity index (χ1v) is 9.93. The zero-order valence-corrected chi connectivity index (χ0v) is 17.3. The molecule has 3 aromatic rings. The maximum absolute atomic E-state index is 13.0. The third kappa shape index (κ3) is 4.07. The van der Waals surface area contributed by atoms with Gasteiger partial charge in [-0.1, -0.05) is 36.4 Å². The number of nitrogens with zero attached hydrogens (tertiary/aromatic N) is 1. The predicted octanol–water partition coefficient (Wildman–Crippen LogP) is 3.77. The number of amides is 2. The van der Waals surface area contributed by atoms with E-state index in [1.807, 2.05) is 24.3 Å². The van der Waals surface area contributed by atoms with Gasteiger partial charge in [0.1, 0.15) is 11.3 Å². The van der Waals surface area contributed by atoms with Gasteiger partial charge in [-0.15, -0.1) is 0 Å². The molecule has 0 saturated heterocycles. The van der Waals surface area contributed by atoms with Crippen LogP contribution in [0, 0.1) is 0 Å². The van der Waals surface area contributed by atoms with Crippen LogP contribution < -0.4 is 15.0 Å². The van der Waals surface area contributed by atoms with E-state index in [1.54, 1.807) is 43.3 Å². The molecule has 7 heteroatoms. The van der Waals surface area contributed by atoms with E-state index in [0.29, 0.717) is 17.1 Å². The second-order valence-electron chi connectivity index (χ2n) is 7.36. The Hall–Kier alpha value is -3.87. The normalized spacial score (nSPS) is 15.6. The Balaban J connectivity index is 1.55. The van der Waals surface area contributed by atoms with E-state index < -0.39 is 18.5 Å². The standard InChI is InChI=1S/C24H22N2O5/c1-15-11-22(27)25-19-9-5-6-10-20(19)26(15)23(28)14-31-24(29)18-12-16-7-3-4-8-17(16)13-21(18)30-2/h3-10,12-13,15H,11,14H2,1-2H3,(H,25,27). The molecule has 0 spiro atoms. The molecule has 0 saturated carbocycles. The molecule has 2 amide bonds. The van der Waals surface area contributed by atoms with E-state index in [4.69, 9.17) is 9.47 Å². The number of para-hydroxylation sites is 2. The van der Waals surface area contributed by atoms with Crippen molar-refractivity contribution in [3.05, 3.63) is 66.2 Å². The molecule has 0 aromatic heterocycles. The van der Waals surface area contributed by atoms with Crippen LogP contribution >= 0.6 is 0 Å². The highest BCUT2D eigenvalue weighted by Gasteiger charge is 2.30.